The van der Waals surface area contributed by atoms with Gasteiger partial charge in [0.05, 0.1) is 11.5 Å². The summed E-state index contributed by atoms with van der Waals surface area (Å²) in [5.41, 5.74) is -0.327. The maximum Gasteiger partial charge on any atom is 0.228 e. The summed E-state index contributed by atoms with van der Waals surface area (Å²) in [6.07, 6.45) is 4.75. The summed E-state index contributed by atoms with van der Waals surface area (Å²) in [5, 5.41) is 17.1. The number of hydrogen-bond acceptors (Lipinski definition) is 3. The van der Waals surface area contributed by atoms with Crippen molar-refractivity contribution in [2.24, 2.45) is 16.7 Å². The normalized spacial score (nSPS) is 28.3. The summed E-state index contributed by atoms with van der Waals surface area (Å²) in [5.74, 6) is 0.244. The smallest absolute Gasteiger partial charge is 0.228 e. The fourth-order valence-corrected chi connectivity index (χ4v) is 3.61. The Balaban J connectivity index is 1.92. The van der Waals surface area contributed by atoms with Crippen LogP contribution >= 0.6 is 0 Å². The molecular formula is C17H32N2O2. The third kappa shape index (κ3) is 3.98. The lowest BCUT2D eigenvalue weighted by Gasteiger charge is -2.41. The predicted octanol–water partition coefficient (Wildman–Crippen LogP) is 2.07. The average molecular weight is 296 g/mol. The summed E-state index contributed by atoms with van der Waals surface area (Å²) < 4.78 is 0. The molecule has 21 heavy (non-hydrogen) atoms. The Morgan fingerprint density at radius 2 is 1.90 bits per heavy atom. The van der Waals surface area contributed by atoms with Crippen molar-refractivity contribution in [1.82, 2.24) is 10.6 Å². The summed E-state index contributed by atoms with van der Waals surface area (Å²) in [7, 11) is 0. The van der Waals surface area contributed by atoms with Gasteiger partial charge in [0.15, 0.2) is 0 Å². The van der Waals surface area contributed by atoms with Crippen LogP contribution in [0.4, 0.5) is 0 Å². The van der Waals surface area contributed by atoms with E-state index in [1.54, 1.807) is 0 Å². The minimum atomic E-state index is -0.714. The van der Waals surface area contributed by atoms with Gasteiger partial charge >= 0.3 is 0 Å². The number of aliphatic hydroxyl groups is 1. The molecule has 122 valence electrons. The van der Waals surface area contributed by atoms with Gasteiger partial charge in [-0.05, 0) is 63.8 Å². The van der Waals surface area contributed by atoms with Gasteiger partial charge in [-0.2, -0.15) is 0 Å². The molecule has 1 amide bonds. The second kappa shape index (κ2) is 6.25. The Morgan fingerprint density at radius 1 is 1.29 bits per heavy atom. The van der Waals surface area contributed by atoms with Crippen molar-refractivity contribution in [2.45, 2.75) is 71.9 Å². The van der Waals surface area contributed by atoms with Crippen LogP contribution < -0.4 is 10.6 Å². The van der Waals surface area contributed by atoms with Crippen LogP contribution in [0.5, 0.6) is 0 Å². The lowest BCUT2D eigenvalue weighted by atomic mass is 9.67. The monoisotopic (exact) mass is 296 g/mol. The quantitative estimate of drug-likeness (QED) is 0.744. The van der Waals surface area contributed by atoms with Crippen LogP contribution in [0.25, 0.3) is 0 Å². The van der Waals surface area contributed by atoms with Gasteiger partial charge in [-0.3, -0.25) is 4.79 Å². The SMILES string of the molecule is CC1(C)CCC(C(O)C(C)(C)C(=O)NC2CCNC2)CC1. The van der Waals surface area contributed by atoms with E-state index in [0.717, 1.165) is 45.2 Å². The van der Waals surface area contributed by atoms with E-state index in [0.29, 0.717) is 5.41 Å². The van der Waals surface area contributed by atoms with Crippen LogP contribution in [0.2, 0.25) is 0 Å². The number of amides is 1. The van der Waals surface area contributed by atoms with E-state index in [9.17, 15) is 9.90 Å². The molecule has 0 aromatic carbocycles. The van der Waals surface area contributed by atoms with Gasteiger partial charge in [0.1, 0.15) is 0 Å². The highest BCUT2D eigenvalue weighted by molar-refractivity contribution is 5.82. The van der Waals surface area contributed by atoms with E-state index in [1.807, 2.05) is 13.8 Å². The number of rotatable bonds is 4. The second-order valence-corrected chi connectivity index (χ2v) is 8.33. The number of hydrogen-bond donors (Lipinski definition) is 3. The van der Waals surface area contributed by atoms with E-state index in [4.69, 9.17) is 0 Å². The molecule has 4 heteroatoms. The predicted molar refractivity (Wildman–Crippen MR) is 84.9 cm³/mol. The average Bonchev–Trinajstić information content (AvgIpc) is 2.90. The molecular weight excluding hydrogens is 264 g/mol. The fraction of sp³-hybridized carbons (Fsp3) is 0.941. The zero-order chi connectivity index (χ0) is 15.7. The molecule has 0 aromatic heterocycles. The van der Waals surface area contributed by atoms with Gasteiger partial charge in [0.2, 0.25) is 5.91 Å². The molecule has 0 radical (unpaired) electrons. The molecule has 4 nitrogen and oxygen atoms in total. The lowest BCUT2D eigenvalue weighted by molar-refractivity contribution is -0.139. The van der Waals surface area contributed by atoms with Gasteiger partial charge in [-0.25, -0.2) is 0 Å². The van der Waals surface area contributed by atoms with Crippen LogP contribution in [-0.4, -0.2) is 36.2 Å². The summed E-state index contributed by atoms with van der Waals surface area (Å²) in [6, 6.07) is 0.217. The largest absolute Gasteiger partial charge is 0.392 e. The zero-order valence-electron chi connectivity index (χ0n) is 14.0. The van der Waals surface area contributed by atoms with E-state index >= 15 is 0 Å². The van der Waals surface area contributed by atoms with Crippen molar-refractivity contribution in [1.29, 1.82) is 0 Å². The number of carbonyl (C=O) groups excluding carboxylic acids is 1. The fourth-order valence-electron chi connectivity index (χ4n) is 3.61. The highest BCUT2D eigenvalue weighted by Gasteiger charge is 2.42. The molecule has 1 saturated heterocycles. The van der Waals surface area contributed by atoms with Crippen LogP contribution in [0.15, 0.2) is 0 Å². The maximum absolute atomic E-state index is 12.5. The first-order chi connectivity index (χ1) is 9.72. The maximum atomic E-state index is 12.5. The van der Waals surface area contributed by atoms with Crippen LogP contribution in [-0.2, 0) is 4.79 Å². The van der Waals surface area contributed by atoms with E-state index in [-0.39, 0.29) is 17.9 Å². The molecule has 1 aliphatic heterocycles. The number of aliphatic hydroxyl groups excluding tert-OH is 1. The first-order valence-corrected chi connectivity index (χ1v) is 8.42. The van der Waals surface area contributed by atoms with E-state index in [1.165, 1.54) is 0 Å². The minimum Gasteiger partial charge on any atom is -0.392 e. The first kappa shape index (κ1) is 16.8. The Bertz CT molecular complexity index is 363. The van der Waals surface area contributed by atoms with Crippen molar-refractivity contribution in [2.75, 3.05) is 13.1 Å². The molecule has 2 unspecified atom stereocenters. The van der Waals surface area contributed by atoms with Gasteiger partial charge < -0.3 is 15.7 Å². The summed E-state index contributed by atoms with van der Waals surface area (Å²) >= 11 is 0. The van der Waals surface area contributed by atoms with Crippen molar-refractivity contribution in [3.8, 4) is 0 Å². The molecule has 2 atom stereocenters. The molecule has 2 rings (SSSR count). The van der Waals surface area contributed by atoms with Crippen LogP contribution in [0, 0.1) is 16.7 Å². The molecule has 1 saturated carbocycles. The van der Waals surface area contributed by atoms with Crippen molar-refractivity contribution in [3.05, 3.63) is 0 Å². The van der Waals surface area contributed by atoms with Crippen LogP contribution in [0.1, 0.15) is 59.8 Å². The Morgan fingerprint density at radius 3 is 2.43 bits per heavy atom. The van der Waals surface area contributed by atoms with Gasteiger partial charge in [0, 0.05) is 12.6 Å². The van der Waals surface area contributed by atoms with Crippen LogP contribution in [0.3, 0.4) is 0 Å². The topological polar surface area (TPSA) is 61.4 Å². The molecule has 2 aliphatic rings. The summed E-state index contributed by atoms with van der Waals surface area (Å²) in [6.45, 7) is 10.2. The molecule has 0 aromatic rings. The van der Waals surface area contributed by atoms with Crippen molar-refractivity contribution < 1.29 is 9.90 Å². The Kier molecular flexibility index (Phi) is 4.99. The molecule has 1 aliphatic carbocycles. The highest BCUT2D eigenvalue weighted by atomic mass is 16.3. The Labute approximate surface area is 129 Å². The molecule has 0 spiro atoms. The van der Waals surface area contributed by atoms with Crippen molar-refractivity contribution >= 4 is 5.91 Å². The standard InChI is InChI=1S/C17H32N2O2/c1-16(2)8-5-12(6-9-16)14(20)17(3,4)15(21)19-13-7-10-18-11-13/h12-14,18,20H,5-11H2,1-4H3,(H,19,21). The number of nitrogens with one attached hydrogen (secondary N) is 2. The third-order valence-electron chi connectivity index (χ3n) is 5.55. The minimum absolute atomic E-state index is 0.00599. The first-order valence-electron chi connectivity index (χ1n) is 8.42. The third-order valence-corrected chi connectivity index (χ3v) is 5.55. The molecule has 2 fully saturated rings. The zero-order valence-corrected chi connectivity index (χ0v) is 14.0. The molecule has 3 N–H and O–H groups in total. The van der Waals surface area contributed by atoms with Crippen molar-refractivity contribution in [3.63, 3.8) is 0 Å². The van der Waals surface area contributed by atoms with Gasteiger partial charge in [-0.1, -0.05) is 13.8 Å². The number of carbonyl (C=O) groups is 1. The van der Waals surface area contributed by atoms with E-state index in [2.05, 4.69) is 24.5 Å². The molecule has 1 heterocycles. The van der Waals surface area contributed by atoms with Gasteiger partial charge in [0.25, 0.3) is 0 Å². The Hall–Kier alpha value is -0.610. The lowest BCUT2D eigenvalue weighted by Crippen LogP contribution is -2.51. The highest BCUT2D eigenvalue weighted by Crippen LogP contribution is 2.42. The summed E-state index contributed by atoms with van der Waals surface area (Å²) in [4.78, 5) is 12.5. The second-order valence-electron chi connectivity index (χ2n) is 8.33. The molecule has 0 bridgehead atoms. The van der Waals surface area contributed by atoms with E-state index < -0.39 is 11.5 Å². The van der Waals surface area contributed by atoms with Gasteiger partial charge in [-0.15, -0.1) is 0 Å².